The number of aromatic nitrogens is 4. The number of ether oxygens (including phenoxy) is 1. The van der Waals surface area contributed by atoms with Crippen molar-refractivity contribution in [1.29, 1.82) is 0 Å². The summed E-state index contributed by atoms with van der Waals surface area (Å²) in [5.41, 5.74) is 1.46. The summed E-state index contributed by atoms with van der Waals surface area (Å²) in [6, 6.07) is 9.99. The second kappa shape index (κ2) is 10.3. The zero-order valence-electron chi connectivity index (χ0n) is 19.9. The van der Waals surface area contributed by atoms with Gasteiger partial charge in [0.25, 0.3) is 5.56 Å². The van der Waals surface area contributed by atoms with Crippen LogP contribution in [-0.4, -0.2) is 32.4 Å². The topological polar surface area (TPSA) is 114 Å². The van der Waals surface area contributed by atoms with Crippen LogP contribution in [0, 0.1) is 0 Å². The predicted octanol–water partition coefficient (Wildman–Crippen LogP) is 4.64. The van der Waals surface area contributed by atoms with Gasteiger partial charge >= 0.3 is 6.03 Å². The third-order valence-corrected chi connectivity index (χ3v) is 4.94. The molecule has 33 heavy (non-hydrogen) atoms. The first-order valence-electron chi connectivity index (χ1n) is 11.2. The first-order valence-corrected chi connectivity index (χ1v) is 11.2. The Bertz CT molecular complexity index is 1140. The molecule has 3 rings (SSSR count). The largest absolute Gasteiger partial charge is 0.494 e. The molecule has 0 unspecified atom stereocenters. The summed E-state index contributed by atoms with van der Waals surface area (Å²) in [6.45, 7) is 10.8. The van der Waals surface area contributed by atoms with Crippen molar-refractivity contribution in [2.75, 3.05) is 17.2 Å². The highest BCUT2D eigenvalue weighted by atomic mass is 16.5. The summed E-state index contributed by atoms with van der Waals surface area (Å²) < 4.78 is 7.10. The zero-order valence-corrected chi connectivity index (χ0v) is 19.9. The molecule has 1 aromatic carbocycles. The molecule has 9 heteroatoms. The molecule has 0 fully saturated rings. The van der Waals surface area contributed by atoms with Crippen LogP contribution in [-0.2, 0) is 11.8 Å². The van der Waals surface area contributed by atoms with E-state index in [2.05, 4.69) is 32.6 Å². The Morgan fingerprint density at radius 2 is 1.85 bits per heavy atom. The van der Waals surface area contributed by atoms with Gasteiger partial charge in [-0.2, -0.15) is 9.78 Å². The van der Waals surface area contributed by atoms with E-state index in [-0.39, 0.29) is 16.9 Å². The van der Waals surface area contributed by atoms with Gasteiger partial charge in [0, 0.05) is 28.9 Å². The van der Waals surface area contributed by atoms with Crippen LogP contribution in [0.4, 0.5) is 16.3 Å². The van der Waals surface area contributed by atoms with Crippen molar-refractivity contribution >= 4 is 17.5 Å². The van der Waals surface area contributed by atoms with Crippen molar-refractivity contribution in [3.8, 4) is 11.7 Å². The summed E-state index contributed by atoms with van der Waals surface area (Å²) in [6.07, 6.45) is 2.67. The van der Waals surface area contributed by atoms with Gasteiger partial charge in [0.1, 0.15) is 11.6 Å². The number of anilines is 2. The van der Waals surface area contributed by atoms with Crippen LogP contribution < -0.4 is 20.9 Å². The molecule has 176 valence electrons. The van der Waals surface area contributed by atoms with Crippen LogP contribution in [0.1, 0.15) is 58.8 Å². The van der Waals surface area contributed by atoms with Gasteiger partial charge in [0.2, 0.25) is 5.95 Å². The molecule has 0 spiro atoms. The standard InChI is InChI=1S/C24H32N6O3/c1-6-8-13-33-18-11-9-17(10-12-18)26-23(32)27-20-15-19(24(3,4)5)29-30(20)22-25-16(7-2)14-21(31)28-22/h9-12,14-15H,6-8,13H2,1-5H3,(H,25,28,31)(H2,26,27,32). The maximum absolute atomic E-state index is 12.7. The molecule has 0 saturated carbocycles. The number of amides is 2. The van der Waals surface area contributed by atoms with Gasteiger partial charge in [-0.1, -0.05) is 41.0 Å². The molecule has 2 amide bonds. The number of nitrogens with zero attached hydrogens (tertiary/aromatic N) is 3. The van der Waals surface area contributed by atoms with Crippen LogP contribution in [0.15, 0.2) is 41.2 Å². The Balaban J connectivity index is 1.81. The number of urea groups is 1. The lowest BCUT2D eigenvalue weighted by Crippen LogP contribution is -2.23. The van der Waals surface area contributed by atoms with Gasteiger partial charge in [-0.05, 0) is 37.1 Å². The molecule has 0 radical (unpaired) electrons. The molecule has 0 aliphatic heterocycles. The number of H-pyrrole nitrogens is 1. The van der Waals surface area contributed by atoms with E-state index in [4.69, 9.17) is 4.74 Å². The molecule has 2 aromatic heterocycles. The average Bonchev–Trinajstić information content (AvgIpc) is 3.19. The smallest absolute Gasteiger partial charge is 0.324 e. The molecule has 0 bridgehead atoms. The molecular formula is C24H32N6O3. The number of carbonyl (C=O) groups is 1. The van der Waals surface area contributed by atoms with Crippen LogP contribution >= 0.6 is 0 Å². The molecule has 0 saturated heterocycles. The molecular weight excluding hydrogens is 420 g/mol. The molecule has 3 aromatic rings. The van der Waals surface area contributed by atoms with E-state index >= 15 is 0 Å². The second-order valence-electron chi connectivity index (χ2n) is 8.80. The maximum atomic E-state index is 12.7. The number of nitrogens with one attached hydrogen (secondary N) is 3. The highest BCUT2D eigenvalue weighted by molar-refractivity contribution is 5.99. The number of hydrogen-bond donors (Lipinski definition) is 3. The zero-order chi connectivity index (χ0) is 24.0. The Morgan fingerprint density at radius 1 is 1.12 bits per heavy atom. The van der Waals surface area contributed by atoms with Crippen molar-refractivity contribution in [2.24, 2.45) is 0 Å². The molecule has 9 nitrogen and oxygen atoms in total. The van der Waals surface area contributed by atoms with Crippen molar-refractivity contribution in [3.63, 3.8) is 0 Å². The van der Waals surface area contributed by atoms with Crippen molar-refractivity contribution in [3.05, 3.63) is 58.1 Å². The van der Waals surface area contributed by atoms with Crippen LogP contribution in [0.25, 0.3) is 5.95 Å². The summed E-state index contributed by atoms with van der Waals surface area (Å²) in [5.74, 6) is 1.40. The fourth-order valence-electron chi connectivity index (χ4n) is 3.02. The first kappa shape index (κ1) is 24.0. The second-order valence-corrected chi connectivity index (χ2v) is 8.80. The third kappa shape index (κ3) is 6.44. The van der Waals surface area contributed by atoms with Gasteiger partial charge in [-0.15, -0.1) is 0 Å². The molecule has 0 aliphatic rings. The normalized spacial score (nSPS) is 11.3. The van der Waals surface area contributed by atoms with Gasteiger partial charge in [0.05, 0.1) is 12.3 Å². The first-order chi connectivity index (χ1) is 15.7. The number of carbonyl (C=O) groups excluding carboxylic acids is 1. The minimum atomic E-state index is -0.440. The van der Waals surface area contributed by atoms with E-state index in [9.17, 15) is 9.59 Å². The number of aryl methyl sites for hydroxylation is 1. The minimum absolute atomic E-state index is 0.249. The Kier molecular flexibility index (Phi) is 7.52. The van der Waals surface area contributed by atoms with E-state index in [1.54, 1.807) is 18.2 Å². The van der Waals surface area contributed by atoms with E-state index in [1.807, 2.05) is 39.8 Å². The lowest BCUT2D eigenvalue weighted by Gasteiger charge is -2.13. The number of aromatic amines is 1. The minimum Gasteiger partial charge on any atom is -0.494 e. The molecule has 3 N–H and O–H groups in total. The van der Waals surface area contributed by atoms with Crippen molar-refractivity contribution in [1.82, 2.24) is 19.7 Å². The van der Waals surface area contributed by atoms with Gasteiger partial charge in [-0.25, -0.2) is 9.78 Å². The van der Waals surface area contributed by atoms with E-state index in [0.717, 1.165) is 24.3 Å². The van der Waals surface area contributed by atoms with E-state index in [0.29, 0.717) is 30.2 Å². The van der Waals surface area contributed by atoms with Crippen LogP contribution in [0.2, 0.25) is 0 Å². The SMILES string of the molecule is CCCCOc1ccc(NC(=O)Nc2cc(C(C)(C)C)nn2-c2nc(CC)cc(=O)[nH]2)cc1. The molecule has 0 atom stereocenters. The van der Waals surface area contributed by atoms with Crippen LogP contribution in [0.3, 0.4) is 0 Å². The Morgan fingerprint density at radius 3 is 2.48 bits per heavy atom. The van der Waals surface area contributed by atoms with Crippen LogP contribution in [0.5, 0.6) is 5.75 Å². The highest BCUT2D eigenvalue weighted by Gasteiger charge is 2.22. The lowest BCUT2D eigenvalue weighted by atomic mass is 9.92. The van der Waals surface area contributed by atoms with Gasteiger partial charge in [-0.3, -0.25) is 15.1 Å². The van der Waals surface area contributed by atoms with Gasteiger partial charge in [0.15, 0.2) is 0 Å². The molecule has 2 heterocycles. The number of benzene rings is 1. The number of rotatable bonds is 8. The summed E-state index contributed by atoms with van der Waals surface area (Å²) >= 11 is 0. The number of unbranched alkanes of at least 4 members (excludes halogenated alkanes) is 1. The summed E-state index contributed by atoms with van der Waals surface area (Å²) in [4.78, 5) is 32.0. The fourth-order valence-corrected chi connectivity index (χ4v) is 3.02. The fraction of sp³-hybridized carbons (Fsp3) is 0.417. The summed E-state index contributed by atoms with van der Waals surface area (Å²) in [5, 5.41) is 10.2. The van der Waals surface area contributed by atoms with Gasteiger partial charge < -0.3 is 10.1 Å². The van der Waals surface area contributed by atoms with Crippen molar-refractivity contribution in [2.45, 2.75) is 59.3 Å². The Hall–Kier alpha value is -3.62. The quantitative estimate of drug-likeness (QED) is 0.431. The Labute approximate surface area is 193 Å². The average molecular weight is 453 g/mol. The third-order valence-electron chi connectivity index (χ3n) is 4.94. The van der Waals surface area contributed by atoms with E-state index < -0.39 is 6.03 Å². The summed E-state index contributed by atoms with van der Waals surface area (Å²) in [7, 11) is 0. The monoisotopic (exact) mass is 452 g/mol. The predicted molar refractivity (Wildman–Crippen MR) is 130 cm³/mol. The number of hydrogen-bond acceptors (Lipinski definition) is 5. The maximum Gasteiger partial charge on any atom is 0.324 e. The van der Waals surface area contributed by atoms with E-state index in [1.165, 1.54) is 10.7 Å². The van der Waals surface area contributed by atoms with Crippen molar-refractivity contribution < 1.29 is 9.53 Å². The lowest BCUT2D eigenvalue weighted by molar-refractivity contribution is 0.262. The highest BCUT2D eigenvalue weighted by Crippen LogP contribution is 2.25. The molecule has 0 aliphatic carbocycles.